The number of carboxylic acid groups (broad SMARTS) is 1. The van der Waals surface area contributed by atoms with Gasteiger partial charge in [-0.3, -0.25) is 4.79 Å². The molecule has 1 rings (SSSR count). The average molecular weight is 241 g/mol. The molecule has 0 aromatic carbocycles. The summed E-state index contributed by atoms with van der Waals surface area (Å²) in [5.41, 5.74) is 0. The van der Waals surface area contributed by atoms with Gasteiger partial charge in [0.1, 0.15) is 6.04 Å². The van der Waals surface area contributed by atoms with Crippen molar-refractivity contribution in [1.29, 1.82) is 0 Å². The summed E-state index contributed by atoms with van der Waals surface area (Å²) in [5, 5.41) is 8.89. The lowest BCUT2D eigenvalue weighted by molar-refractivity contribution is -0.150. The van der Waals surface area contributed by atoms with E-state index in [4.69, 9.17) is 5.11 Å². The molecule has 17 heavy (non-hydrogen) atoms. The molecular formula is C13H23NO3. The number of likely N-dealkylation sites (N-methyl/N-ethyl adjacent to an activating group) is 1. The molecule has 98 valence electrons. The normalized spacial score (nSPS) is 26.3. The summed E-state index contributed by atoms with van der Waals surface area (Å²) in [5.74, 6) is -0.164. The molecule has 1 aliphatic carbocycles. The van der Waals surface area contributed by atoms with Gasteiger partial charge in [-0.1, -0.05) is 13.3 Å². The van der Waals surface area contributed by atoms with Crippen LogP contribution in [0.5, 0.6) is 0 Å². The second-order valence-electron chi connectivity index (χ2n) is 5.09. The van der Waals surface area contributed by atoms with Gasteiger partial charge in [0.15, 0.2) is 0 Å². The van der Waals surface area contributed by atoms with Gasteiger partial charge in [-0.2, -0.15) is 0 Å². The van der Waals surface area contributed by atoms with Crippen LogP contribution in [0.3, 0.4) is 0 Å². The maximum Gasteiger partial charge on any atom is 0.326 e. The molecule has 0 bridgehead atoms. The van der Waals surface area contributed by atoms with E-state index < -0.39 is 12.0 Å². The number of amides is 1. The fraction of sp³-hybridized carbons (Fsp3) is 0.846. The molecule has 0 unspecified atom stereocenters. The van der Waals surface area contributed by atoms with Gasteiger partial charge >= 0.3 is 5.97 Å². The predicted molar refractivity (Wildman–Crippen MR) is 65.6 cm³/mol. The van der Waals surface area contributed by atoms with Crippen molar-refractivity contribution < 1.29 is 14.7 Å². The molecule has 0 aromatic heterocycles. The van der Waals surface area contributed by atoms with Crippen LogP contribution in [-0.4, -0.2) is 35.0 Å². The van der Waals surface area contributed by atoms with Crippen molar-refractivity contribution in [2.45, 2.75) is 52.0 Å². The first-order chi connectivity index (χ1) is 7.97. The summed E-state index contributed by atoms with van der Waals surface area (Å²) < 4.78 is 0. The van der Waals surface area contributed by atoms with Crippen LogP contribution in [0, 0.1) is 11.8 Å². The summed E-state index contributed by atoms with van der Waals surface area (Å²) in [7, 11) is 1.59. The highest BCUT2D eigenvalue weighted by atomic mass is 16.4. The Morgan fingerprint density at radius 1 is 1.29 bits per heavy atom. The molecule has 1 amide bonds. The van der Waals surface area contributed by atoms with Crippen molar-refractivity contribution in [2.75, 3.05) is 7.05 Å². The summed E-state index contributed by atoms with van der Waals surface area (Å²) in [6.07, 6.45) is 5.20. The minimum atomic E-state index is -0.942. The number of hydrogen-bond donors (Lipinski definition) is 1. The largest absolute Gasteiger partial charge is 0.480 e. The highest BCUT2D eigenvalue weighted by Crippen LogP contribution is 2.31. The van der Waals surface area contributed by atoms with Crippen LogP contribution in [0.15, 0.2) is 0 Å². The minimum Gasteiger partial charge on any atom is -0.480 e. The molecule has 0 radical (unpaired) electrons. The smallest absolute Gasteiger partial charge is 0.326 e. The lowest BCUT2D eigenvalue weighted by Crippen LogP contribution is -2.44. The second-order valence-corrected chi connectivity index (χ2v) is 5.09. The third kappa shape index (κ3) is 3.45. The van der Waals surface area contributed by atoms with Crippen LogP contribution in [0.25, 0.3) is 0 Å². The quantitative estimate of drug-likeness (QED) is 0.820. The maximum atomic E-state index is 12.1. The van der Waals surface area contributed by atoms with E-state index in [0.29, 0.717) is 0 Å². The summed E-state index contributed by atoms with van der Waals surface area (Å²) in [6.45, 7) is 3.74. The van der Waals surface area contributed by atoms with Crippen LogP contribution in [0.2, 0.25) is 0 Å². The van der Waals surface area contributed by atoms with Crippen molar-refractivity contribution >= 4 is 11.9 Å². The number of hydrogen-bond acceptors (Lipinski definition) is 2. The van der Waals surface area contributed by atoms with E-state index in [2.05, 4.69) is 6.92 Å². The molecule has 1 atom stereocenters. The van der Waals surface area contributed by atoms with Crippen LogP contribution in [0.1, 0.15) is 46.0 Å². The zero-order valence-corrected chi connectivity index (χ0v) is 11.0. The summed E-state index contributed by atoms with van der Waals surface area (Å²) in [6, 6.07) is -0.730. The second kappa shape index (κ2) is 6.03. The Morgan fingerprint density at radius 3 is 2.24 bits per heavy atom. The van der Waals surface area contributed by atoms with E-state index in [1.54, 1.807) is 14.0 Å². The molecule has 4 nitrogen and oxygen atoms in total. The van der Waals surface area contributed by atoms with Gasteiger partial charge in [-0.15, -0.1) is 0 Å². The molecule has 0 aliphatic heterocycles. The number of carbonyl (C=O) groups is 2. The topological polar surface area (TPSA) is 57.6 Å². The lowest BCUT2D eigenvalue weighted by Gasteiger charge is -2.31. The van der Waals surface area contributed by atoms with Crippen molar-refractivity contribution in [1.82, 2.24) is 4.90 Å². The molecule has 1 fully saturated rings. The number of rotatable bonds is 4. The average Bonchev–Trinajstić information content (AvgIpc) is 2.36. The fourth-order valence-corrected chi connectivity index (χ4v) is 2.46. The van der Waals surface area contributed by atoms with Gasteiger partial charge in [0.25, 0.3) is 0 Å². The third-order valence-corrected chi connectivity index (χ3v) is 4.06. The van der Waals surface area contributed by atoms with Crippen molar-refractivity contribution in [3.63, 3.8) is 0 Å². The lowest BCUT2D eigenvalue weighted by atomic mass is 9.80. The van der Waals surface area contributed by atoms with E-state index in [0.717, 1.165) is 31.6 Å². The molecule has 0 saturated heterocycles. The monoisotopic (exact) mass is 241 g/mol. The molecule has 4 heteroatoms. The first kappa shape index (κ1) is 14.0. The third-order valence-electron chi connectivity index (χ3n) is 4.06. The van der Waals surface area contributed by atoms with E-state index in [-0.39, 0.29) is 11.8 Å². The maximum absolute atomic E-state index is 12.1. The molecule has 1 saturated carbocycles. The summed E-state index contributed by atoms with van der Waals surface area (Å²) >= 11 is 0. The Labute approximate surface area is 103 Å². The van der Waals surface area contributed by atoms with Crippen molar-refractivity contribution in [2.24, 2.45) is 11.8 Å². The Morgan fingerprint density at radius 2 is 1.82 bits per heavy atom. The predicted octanol–water partition coefficient (Wildman–Crippen LogP) is 2.13. The Balaban J connectivity index is 2.51. The van der Waals surface area contributed by atoms with Crippen LogP contribution >= 0.6 is 0 Å². The van der Waals surface area contributed by atoms with Crippen LogP contribution < -0.4 is 0 Å². The standard InChI is InChI=1S/C13H23NO3/c1-4-10-5-7-11(8-6-10)12(15)14(3)9(2)13(16)17/h9-11H,4-8H2,1-3H3,(H,16,17)/t9-,10-,11-/m0/s1. The Bertz CT molecular complexity index is 282. The number of carboxylic acids is 1. The molecular weight excluding hydrogens is 218 g/mol. The highest BCUT2D eigenvalue weighted by Gasteiger charge is 2.30. The fourth-order valence-electron chi connectivity index (χ4n) is 2.46. The van der Waals surface area contributed by atoms with Gasteiger partial charge in [0, 0.05) is 13.0 Å². The van der Waals surface area contributed by atoms with Gasteiger partial charge in [-0.05, 0) is 38.5 Å². The van der Waals surface area contributed by atoms with E-state index >= 15 is 0 Å². The molecule has 0 spiro atoms. The highest BCUT2D eigenvalue weighted by molar-refractivity contribution is 5.84. The van der Waals surface area contributed by atoms with Gasteiger partial charge < -0.3 is 10.0 Å². The Kier molecular flexibility index (Phi) is 4.97. The zero-order valence-electron chi connectivity index (χ0n) is 11.0. The minimum absolute atomic E-state index is 0.00514. The number of nitrogens with zero attached hydrogens (tertiary/aromatic N) is 1. The van der Waals surface area contributed by atoms with Crippen molar-refractivity contribution in [3.05, 3.63) is 0 Å². The molecule has 1 N–H and O–H groups in total. The number of aliphatic carboxylic acids is 1. The SMILES string of the molecule is CC[C@H]1CC[C@H](C(=O)N(C)[C@@H](C)C(=O)O)CC1. The van der Waals surface area contributed by atoms with E-state index in [1.165, 1.54) is 11.3 Å². The number of carbonyl (C=O) groups excluding carboxylic acids is 1. The van der Waals surface area contributed by atoms with Crippen LogP contribution in [0.4, 0.5) is 0 Å². The molecule has 0 aromatic rings. The van der Waals surface area contributed by atoms with E-state index in [9.17, 15) is 9.59 Å². The molecule has 0 heterocycles. The van der Waals surface area contributed by atoms with E-state index in [1.807, 2.05) is 0 Å². The first-order valence-corrected chi connectivity index (χ1v) is 6.46. The Hall–Kier alpha value is -1.06. The zero-order chi connectivity index (χ0) is 13.0. The van der Waals surface area contributed by atoms with Gasteiger partial charge in [-0.25, -0.2) is 4.79 Å². The van der Waals surface area contributed by atoms with Crippen molar-refractivity contribution in [3.8, 4) is 0 Å². The summed E-state index contributed by atoms with van der Waals surface area (Å²) in [4.78, 5) is 24.3. The first-order valence-electron chi connectivity index (χ1n) is 6.46. The van der Waals surface area contributed by atoms with Gasteiger partial charge in [0.2, 0.25) is 5.91 Å². The molecule has 1 aliphatic rings. The van der Waals surface area contributed by atoms with Gasteiger partial charge in [0.05, 0.1) is 0 Å². The van der Waals surface area contributed by atoms with Crippen LogP contribution in [-0.2, 0) is 9.59 Å².